The SMILES string of the molecule is C=O.O=C=O.O=S=O. The van der Waals surface area contributed by atoms with Crippen LogP contribution in [0.2, 0.25) is 0 Å². The van der Waals surface area contributed by atoms with Crippen LogP contribution in [0.15, 0.2) is 0 Å². The fourth-order valence-corrected chi connectivity index (χ4v) is 0. The topological polar surface area (TPSA) is 85.3 Å². The van der Waals surface area contributed by atoms with Gasteiger partial charge in [-0.3, -0.25) is 0 Å². The summed E-state index contributed by atoms with van der Waals surface area (Å²) in [5.41, 5.74) is 0. The quantitative estimate of drug-likeness (QED) is 0.409. The van der Waals surface area contributed by atoms with Crippen molar-refractivity contribution < 1.29 is 22.8 Å². The first-order chi connectivity index (χ1) is 3.83. The van der Waals surface area contributed by atoms with Gasteiger partial charge in [-0.25, -0.2) is 0 Å². The van der Waals surface area contributed by atoms with Gasteiger partial charge in [0.2, 0.25) is 0 Å². The van der Waals surface area contributed by atoms with Gasteiger partial charge in [0.15, 0.2) is 0 Å². The third-order valence-corrected chi connectivity index (χ3v) is 0. The van der Waals surface area contributed by atoms with Gasteiger partial charge in [-0.05, 0) is 0 Å². The maximum Gasteiger partial charge on any atom is 0.373 e. The molecule has 8 heavy (non-hydrogen) atoms. The van der Waals surface area contributed by atoms with E-state index < -0.39 is 11.6 Å². The molecule has 0 amide bonds. The molecular formula is C2H2O5S. The highest BCUT2D eigenvalue weighted by molar-refractivity contribution is 7.51. The van der Waals surface area contributed by atoms with Crippen LogP contribution >= 0.6 is 0 Å². The summed E-state index contributed by atoms with van der Waals surface area (Å²) in [6.45, 7) is 2.00. The van der Waals surface area contributed by atoms with Gasteiger partial charge in [0.05, 0.1) is 0 Å². The summed E-state index contributed by atoms with van der Waals surface area (Å²) in [4.78, 5) is 24.2. The number of hydrogen-bond donors (Lipinski definition) is 0. The summed E-state index contributed by atoms with van der Waals surface area (Å²) < 4.78 is 16.6. The van der Waals surface area contributed by atoms with Crippen LogP contribution in [0.4, 0.5) is 0 Å². The van der Waals surface area contributed by atoms with Gasteiger partial charge in [0.25, 0.3) is 0 Å². The summed E-state index contributed by atoms with van der Waals surface area (Å²) in [5, 5.41) is 0. The van der Waals surface area contributed by atoms with Crippen LogP contribution in [0, 0.1) is 0 Å². The lowest BCUT2D eigenvalue weighted by molar-refractivity contribution is -0.191. The van der Waals surface area contributed by atoms with Crippen molar-refractivity contribution in [3.8, 4) is 0 Å². The molecule has 0 spiro atoms. The van der Waals surface area contributed by atoms with Crippen molar-refractivity contribution in [2.75, 3.05) is 0 Å². The van der Waals surface area contributed by atoms with E-state index in [4.69, 9.17) is 22.8 Å². The monoisotopic (exact) mass is 138 g/mol. The third kappa shape index (κ3) is 57.1. The fourth-order valence-electron chi connectivity index (χ4n) is 0. The Kier molecular flexibility index (Phi) is 363. The molecule has 0 aliphatic rings. The average Bonchev–Trinajstić information content (AvgIpc) is 1.75. The molecule has 0 aromatic rings. The van der Waals surface area contributed by atoms with Crippen molar-refractivity contribution in [1.29, 1.82) is 0 Å². The van der Waals surface area contributed by atoms with E-state index in [0.717, 1.165) is 0 Å². The van der Waals surface area contributed by atoms with E-state index in [1.54, 1.807) is 0 Å². The lowest BCUT2D eigenvalue weighted by atomic mass is 11.8. The van der Waals surface area contributed by atoms with Crippen molar-refractivity contribution in [1.82, 2.24) is 0 Å². The van der Waals surface area contributed by atoms with Crippen molar-refractivity contribution in [2.24, 2.45) is 0 Å². The molecule has 6 heteroatoms. The molecule has 0 heterocycles. The number of hydrogen-bond acceptors (Lipinski definition) is 5. The molecule has 0 unspecified atom stereocenters. The summed E-state index contributed by atoms with van der Waals surface area (Å²) in [5.74, 6) is 0. The molecule has 0 aromatic carbocycles. The first-order valence-corrected chi connectivity index (χ1v) is 1.70. The Bertz CT molecular complexity index is 74.6. The minimum absolute atomic E-state index is 0.250. The van der Waals surface area contributed by atoms with E-state index in [9.17, 15) is 0 Å². The average molecular weight is 138 g/mol. The standard InChI is InChI=1S/CO2.CH2O.O2S/c2-1-3;1-2;1-3-2/h;1H2;. The van der Waals surface area contributed by atoms with E-state index in [2.05, 4.69) is 0 Å². The lowest BCUT2D eigenvalue weighted by Gasteiger charge is -0.947. The summed E-state index contributed by atoms with van der Waals surface area (Å²) in [6.07, 6.45) is 0.250. The molecule has 46 valence electrons. The van der Waals surface area contributed by atoms with Crippen molar-refractivity contribution in [2.45, 2.75) is 0 Å². The maximum atomic E-state index is 8.29. The molecule has 0 saturated carbocycles. The number of carbonyl (C=O) groups is 1. The van der Waals surface area contributed by atoms with Crippen molar-refractivity contribution in [3.63, 3.8) is 0 Å². The van der Waals surface area contributed by atoms with Gasteiger partial charge < -0.3 is 4.79 Å². The molecule has 0 fully saturated rings. The van der Waals surface area contributed by atoms with E-state index in [0.29, 0.717) is 0 Å². The molecule has 0 saturated heterocycles. The normalized spacial score (nSPS) is 3.00. The Labute approximate surface area is 48.3 Å². The van der Waals surface area contributed by atoms with Crippen LogP contribution in [0.3, 0.4) is 0 Å². The van der Waals surface area contributed by atoms with E-state index in [-0.39, 0.29) is 6.15 Å². The zero-order valence-corrected chi connectivity index (χ0v) is 4.47. The number of carbonyl (C=O) groups excluding carboxylic acids is 3. The Balaban J connectivity index is -0.0000000483. The zero-order chi connectivity index (χ0) is 7.41. The Hall–Kier alpha value is -1.13. The fraction of sp³-hybridized carbons (Fsp3) is 0. The summed E-state index contributed by atoms with van der Waals surface area (Å²) in [6, 6.07) is 0. The molecule has 0 rings (SSSR count). The van der Waals surface area contributed by atoms with E-state index in [1.807, 2.05) is 6.79 Å². The van der Waals surface area contributed by atoms with Crippen molar-refractivity contribution >= 4 is 24.5 Å². The molecule has 0 bridgehead atoms. The highest BCUT2D eigenvalue weighted by Gasteiger charge is 1.13. The van der Waals surface area contributed by atoms with Gasteiger partial charge in [0.1, 0.15) is 6.79 Å². The van der Waals surface area contributed by atoms with Crippen LogP contribution in [-0.4, -0.2) is 21.4 Å². The second-order valence-corrected chi connectivity index (χ2v) is 0.287. The van der Waals surface area contributed by atoms with Crippen molar-refractivity contribution in [3.05, 3.63) is 0 Å². The second kappa shape index (κ2) is 184. The van der Waals surface area contributed by atoms with Gasteiger partial charge in [-0.1, -0.05) is 0 Å². The molecule has 0 aliphatic heterocycles. The Morgan fingerprint density at radius 3 is 1.12 bits per heavy atom. The third-order valence-electron chi connectivity index (χ3n) is 0. The van der Waals surface area contributed by atoms with Crippen LogP contribution in [0.1, 0.15) is 0 Å². The smallest absolute Gasteiger partial charge is 0.307 e. The molecular weight excluding hydrogens is 136 g/mol. The van der Waals surface area contributed by atoms with Gasteiger partial charge >= 0.3 is 17.7 Å². The van der Waals surface area contributed by atoms with Gasteiger partial charge in [0, 0.05) is 0 Å². The molecule has 0 N–H and O–H groups in total. The first-order valence-electron chi connectivity index (χ1n) is 1.03. The molecule has 0 aromatic heterocycles. The van der Waals surface area contributed by atoms with Gasteiger partial charge in [-0.15, -0.1) is 0 Å². The minimum atomic E-state index is -0.750. The summed E-state index contributed by atoms with van der Waals surface area (Å²) >= 11 is -0.750. The second-order valence-electron chi connectivity index (χ2n) is 0.151. The molecule has 0 radical (unpaired) electrons. The largest absolute Gasteiger partial charge is 0.373 e. The highest BCUT2D eigenvalue weighted by atomic mass is 32.1. The van der Waals surface area contributed by atoms with Crippen LogP contribution in [0.25, 0.3) is 0 Å². The summed E-state index contributed by atoms with van der Waals surface area (Å²) in [7, 11) is 0. The van der Waals surface area contributed by atoms with Crippen LogP contribution in [0.5, 0.6) is 0 Å². The minimum Gasteiger partial charge on any atom is -0.307 e. The van der Waals surface area contributed by atoms with Crippen LogP contribution < -0.4 is 0 Å². The lowest BCUT2D eigenvalue weighted by Crippen LogP contribution is -1.22. The Morgan fingerprint density at radius 2 is 1.12 bits per heavy atom. The predicted octanol–water partition coefficient (Wildman–Crippen LogP) is -1.44. The molecule has 0 aliphatic carbocycles. The first kappa shape index (κ1) is 15.8. The molecule has 5 nitrogen and oxygen atoms in total. The molecule has 0 atom stereocenters. The number of rotatable bonds is 0. The predicted molar refractivity (Wildman–Crippen MR) is 21.0 cm³/mol. The van der Waals surface area contributed by atoms with Gasteiger partial charge in [-0.2, -0.15) is 18.0 Å². The van der Waals surface area contributed by atoms with E-state index >= 15 is 0 Å². The maximum absolute atomic E-state index is 8.29. The van der Waals surface area contributed by atoms with E-state index in [1.165, 1.54) is 0 Å². The zero-order valence-electron chi connectivity index (χ0n) is 3.66. The Morgan fingerprint density at radius 1 is 1.12 bits per heavy atom. The highest BCUT2D eigenvalue weighted by Crippen LogP contribution is 0.846. The van der Waals surface area contributed by atoms with Crippen LogP contribution in [-0.2, 0) is 26.0 Å².